The predicted octanol–water partition coefficient (Wildman–Crippen LogP) is 4.05. The second-order valence-electron chi connectivity index (χ2n) is 7.66. The molecule has 0 spiro atoms. The first kappa shape index (κ1) is 18.2. The van der Waals surface area contributed by atoms with Crippen LogP contribution >= 0.6 is 0 Å². The molecule has 1 aromatic rings. The predicted molar refractivity (Wildman–Crippen MR) is 105 cm³/mol. The number of anilines is 2. The van der Waals surface area contributed by atoms with E-state index in [1.165, 1.54) is 31.4 Å². The molecule has 1 saturated carbocycles. The van der Waals surface area contributed by atoms with E-state index in [9.17, 15) is 4.79 Å². The lowest BCUT2D eigenvalue weighted by molar-refractivity contribution is -0.116. The number of nitrogens with zero attached hydrogens (tertiary/aromatic N) is 2. The van der Waals surface area contributed by atoms with Gasteiger partial charge in [0.25, 0.3) is 0 Å². The van der Waals surface area contributed by atoms with Crippen molar-refractivity contribution in [3.63, 3.8) is 0 Å². The molecule has 0 aromatic heterocycles. The highest BCUT2D eigenvalue weighted by atomic mass is 16.1. The number of carbonyl (C=O) groups is 1. The summed E-state index contributed by atoms with van der Waals surface area (Å²) in [5.74, 6) is 0.940. The molecule has 2 fully saturated rings. The Kier molecular flexibility index (Phi) is 6.35. The number of likely N-dealkylation sites (N-methyl/N-ethyl adjacent to an activating group) is 1. The average Bonchev–Trinajstić information content (AvgIpc) is 3.15. The van der Waals surface area contributed by atoms with Gasteiger partial charge < -0.3 is 15.1 Å². The quantitative estimate of drug-likeness (QED) is 0.846. The van der Waals surface area contributed by atoms with Gasteiger partial charge in [-0.05, 0) is 49.6 Å². The summed E-state index contributed by atoms with van der Waals surface area (Å²) < 4.78 is 0. The number of hydrogen-bond donors (Lipinski definition) is 1. The Morgan fingerprint density at radius 1 is 1.16 bits per heavy atom. The molecule has 1 amide bonds. The van der Waals surface area contributed by atoms with E-state index in [-0.39, 0.29) is 5.91 Å². The van der Waals surface area contributed by atoms with Gasteiger partial charge in [0, 0.05) is 44.0 Å². The van der Waals surface area contributed by atoms with Crippen LogP contribution in [0.2, 0.25) is 0 Å². The summed E-state index contributed by atoms with van der Waals surface area (Å²) in [7, 11) is 0. The smallest absolute Gasteiger partial charge is 0.224 e. The van der Waals surface area contributed by atoms with Gasteiger partial charge in [0.1, 0.15) is 0 Å². The first-order valence-corrected chi connectivity index (χ1v) is 10.0. The van der Waals surface area contributed by atoms with Crippen LogP contribution in [0.5, 0.6) is 0 Å². The lowest BCUT2D eigenvalue weighted by Crippen LogP contribution is -2.46. The fourth-order valence-electron chi connectivity index (χ4n) is 4.15. The Labute approximate surface area is 152 Å². The lowest BCUT2D eigenvalue weighted by Gasteiger charge is -2.35. The molecular formula is C21H33N3O. The van der Waals surface area contributed by atoms with Crippen LogP contribution in [0.25, 0.3) is 0 Å². The molecule has 4 heteroatoms. The lowest BCUT2D eigenvalue weighted by atomic mass is 10.0. The van der Waals surface area contributed by atoms with Crippen molar-refractivity contribution in [2.75, 3.05) is 42.9 Å². The Balaban J connectivity index is 1.52. The summed E-state index contributed by atoms with van der Waals surface area (Å²) in [4.78, 5) is 17.2. The van der Waals surface area contributed by atoms with Crippen molar-refractivity contribution < 1.29 is 4.79 Å². The minimum atomic E-state index is 0.166. The summed E-state index contributed by atoms with van der Waals surface area (Å²) in [5.41, 5.74) is 3.40. The van der Waals surface area contributed by atoms with Crippen LogP contribution in [-0.2, 0) is 4.79 Å². The number of hydrogen-bond acceptors (Lipinski definition) is 3. The van der Waals surface area contributed by atoms with Crippen molar-refractivity contribution in [2.24, 2.45) is 5.92 Å². The second-order valence-corrected chi connectivity index (χ2v) is 7.66. The van der Waals surface area contributed by atoms with Gasteiger partial charge in [-0.1, -0.05) is 32.6 Å². The van der Waals surface area contributed by atoms with Crippen LogP contribution < -0.4 is 10.2 Å². The number of carbonyl (C=O) groups excluding carboxylic acids is 1. The SMILES string of the molecule is CCN1CCN(c2ccc(NC(=O)CCC3CCCC3)c(C)c2)CC1. The summed E-state index contributed by atoms with van der Waals surface area (Å²) in [6.45, 7) is 9.90. The molecule has 1 N–H and O–H groups in total. The summed E-state index contributed by atoms with van der Waals surface area (Å²) in [5, 5.41) is 3.11. The van der Waals surface area contributed by atoms with Crippen LogP contribution in [0.1, 0.15) is 51.0 Å². The molecule has 1 aliphatic carbocycles. The number of nitrogens with one attached hydrogen (secondary N) is 1. The van der Waals surface area contributed by atoms with Crippen LogP contribution in [0.4, 0.5) is 11.4 Å². The zero-order chi connectivity index (χ0) is 17.6. The van der Waals surface area contributed by atoms with Crippen LogP contribution in [0.15, 0.2) is 18.2 Å². The third-order valence-corrected chi connectivity index (χ3v) is 5.92. The molecular weight excluding hydrogens is 310 g/mol. The highest BCUT2D eigenvalue weighted by Gasteiger charge is 2.18. The van der Waals surface area contributed by atoms with Crippen molar-refractivity contribution >= 4 is 17.3 Å². The van der Waals surface area contributed by atoms with Gasteiger partial charge in [0.2, 0.25) is 5.91 Å². The standard InChI is InChI=1S/C21H33N3O/c1-3-23-12-14-24(15-13-23)19-9-10-20(17(2)16-19)22-21(25)11-8-18-6-4-5-7-18/h9-10,16,18H,3-8,11-15H2,1-2H3,(H,22,25). The minimum absolute atomic E-state index is 0.166. The highest BCUT2D eigenvalue weighted by molar-refractivity contribution is 5.91. The van der Waals surface area contributed by atoms with Crippen molar-refractivity contribution in [1.29, 1.82) is 0 Å². The Bertz CT molecular complexity index is 573. The minimum Gasteiger partial charge on any atom is -0.369 e. The molecule has 0 unspecified atom stereocenters. The van der Waals surface area contributed by atoms with Gasteiger partial charge in [-0.15, -0.1) is 0 Å². The number of aryl methyl sites for hydroxylation is 1. The Morgan fingerprint density at radius 2 is 1.88 bits per heavy atom. The van der Waals surface area contributed by atoms with Gasteiger partial charge in [0.15, 0.2) is 0 Å². The number of benzene rings is 1. The maximum atomic E-state index is 12.3. The monoisotopic (exact) mass is 343 g/mol. The molecule has 0 radical (unpaired) electrons. The zero-order valence-corrected chi connectivity index (χ0v) is 15.9. The van der Waals surface area contributed by atoms with E-state index in [1.807, 2.05) is 0 Å². The summed E-state index contributed by atoms with van der Waals surface area (Å²) >= 11 is 0. The molecule has 0 atom stereocenters. The molecule has 3 rings (SSSR count). The maximum absolute atomic E-state index is 12.3. The summed E-state index contributed by atoms with van der Waals surface area (Å²) in [6, 6.07) is 6.44. The van der Waals surface area contributed by atoms with Gasteiger partial charge in [-0.25, -0.2) is 0 Å². The van der Waals surface area contributed by atoms with Crippen molar-refractivity contribution in [3.05, 3.63) is 23.8 Å². The van der Waals surface area contributed by atoms with Crippen molar-refractivity contribution in [2.45, 2.75) is 52.4 Å². The number of piperazine rings is 1. The van der Waals surface area contributed by atoms with Crippen molar-refractivity contribution in [3.8, 4) is 0 Å². The highest BCUT2D eigenvalue weighted by Crippen LogP contribution is 2.29. The molecule has 0 bridgehead atoms. The van der Waals surface area contributed by atoms with E-state index in [1.54, 1.807) is 0 Å². The molecule has 1 heterocycles. The second kappa shape index (κ2) is 8.70. The number of rotatable bonds is 6. The van der Waals surface area contributed by atoms with Crippen LogP contribution in [-0.4, -0.2) is 43.5 Å². The Morgan fingerprint density at radius 3 is 2.52 bits per heavy atom. The molecule has 2 aliphatic rings. The van der Waals surface area contributed by atoms with E-state index in [0.717, 1.165) is 56.3 Å². The van der Waals surface area contributed by atoms with Crippen molar-refractivity contribution in [1.82, 2.24) is 4.90 Å². The van der Waals surface area contributed by atoms with Gasteiger partial charge in [-0.2, -0.15) is 0 Å². The van der Waals surface area contributed by atoms with Crippen LogP contribution in [0, 0.1) is 12.8 Å². The van der Waals surface area contributed by atoms with E-state index in [2.05, 4.69) is 47.2 Å². The summed E-state index contributed by atoms with van der Waals surface area (Å²) in [6.07, 6.45) is 7.02. The molecule has 1 saturated heterocycles. The zero-order valence-electron chi connectivity index (χ0n) is 15.9. The number of amides is 1. The average molecular weight is 344 g/mol. The molecule has 25 heavy (non-hydrogen) atoms. The molecule has 138 valence electrons. The fraction of sp³-hybridized carbons (Fsp3) is 0.667. The fourth-order valence-corrected chi connectivity index (χ4v) is 4.15. The van der Waals surface area contributed by atoms with Gasteiger partial charge in [0.05, 0.1) is 0 Å². The van der Waals surface area contributed by atoms with Gasteiger partial charge >= 0.3 is 0 Å². The topological polar surface area (TPSA) is 35.6 Å². The van der Waals surface area contributed by atoms with E-state index < -0.39 is 0 Å². The molecule has 4 nitrogen and oxygen atoms in total. The molecule has 1 aliphatic heterocycles. The molecule has 1 aromatic carbocycles. The van der Waals surface area contributed by atoms with E-state index in [0.29, 0.717) is 6.42 Å². The first-order chi connectivity index (χ1) is 12.2. The normalized spacial score (nSPS) is 19.4. The maximum Gasteiger partial charge on any atom is 0.224 e. The van der Waals surface area contributed by atoms with E-state index in [4.69, 9.17) is 0 Å². The van der Waals surface area contributed by atoms with E-state index >= 15 is 0 Å². The largest absolute Gasteiger partial charge is 0.369 e. The first-order valence-electron chi connectivity index (χ1n) is 10.0. The Hall–Kier alpha value is -1.55. The van der Waals surface area contributed by atoms with Gasteiger partial charge in [-0.3, -0.25) is 4.79 Å². The third kappa shape index (κ3) is 4.97. The van der Waals surface area contributed by atoms with Crippen LogP contribution in [0.3, 0.4) is 0 Å². The third-order valence-electron chi connectivity index (χ3n) is 5.92.